The molecule has 0 aliphatic heterocycles. The van der Waals surface area contributed by atoms with Crippen molar-refractivity contribution in [3.63, 3.8) is 0 Å². The number of thioether (sulfide) groups is 1. The molecule has 0 fully saturated rings. The Morgan fingerprint density at radius 2 is 1.95 bits per heavy atom. The van der Waals surface area contributed by atoms with Crippen LogP contribution in [0.15, 0.2) is 23.6 Å². The van der Waals surface area contributed by atoms with E-state index < -0.39 is 5.25 Å². The summed E-state index contributed by atoms with van der Waals surface area (Å²) in [6, 6.07) is 3.04. The maximum Gasteiger partial charge on any atom is 0.237 e. The third-order valence-corrected chi connectivity index (χ3v) is 4.54. The van der Waals surface area contributed by atoms with Gasteiger partial charge >= 0.3 is 0 Å². The molecular weight excluding hydrogens is 355 g/mol. The van der Waals surface area contributed by atoms with Gasteiger partial charge < -0.3 is 9.88 Å². The van der Waals surface area contributed by atoms with Gasteiger partial charge in [0.05, 0.1) is 21.0 Å². The van der Waals surface area contributed by atoms with Crippen LogP contribution in [0.4, 0.5) is 5.69 Å². The van der Waals surface area contributed by atoms with Gasteiger partial charge in [-0.05, 0) is 19.1 Å². The molecule has 1 amide bonds. The molecule has 1 aromatic heterocycles. The Balaban J connectivity index is 2.09. The van der Waals surface area contributed by atoms with Crippen molar-refractivity contribution in [1.82, 2.24) is 14.8 Å². The van der Waals surface area contributed by atoms with Gasteiger partial charge in [-0.2, -0.15) is 0 Å². The van der Waals surface area contributed by atoms with Crippen LogP contribution in [0.25, 0.3) is 0 Å². The van der Waals surface area contributed by atoms with Gasteiger partial charge in [0.2, 0.25) is 5.91 Å². The number of benzene rings is 1. The number of aromatic nitrogens is 3. The summed E-state index contributed by atoms with van der Waals surface area (Å²) in [6.45, 7) is 1.76. The van der Waals surface area contributed by atoms with Crippen molar-refractivity contribution in [2.75, 3.05) is 5.32 Å². The standard InChI is InChI=1S/C12H11Cl3N4OS/c1-6(21-12-18-16-5-19(12)2)11(20)17-10-8(14)3-7(13)4-9(10)15/h3-6H,1-2H3,(H,17,20)/t6-/m0/s1. The van der Waals surface area contributed by atoms with Gasteiger partial charge in [0.1, 0.15) is 6.33 Å². The topological polar surface area (TPSA) is 59.8 Å². The number of nitrogens with one attached hydrogen (secondary N) is 1. The number of rotatable bonds is 4. The van der Waals surface area contributed by atoms with E-state index in [4.69, 9.17) is 34.8 Å². The third kappa shape index (κ3) is 4.03. The highest BCUT2D eigenvalue weighted by atomic mass is 35.5. The molecular formula is C12H11Cl3N4OS. The minimum Gasteiger partial charge on any atom is -0.323 e. The van der Waals surface area contributed by atoms with Gasteiger partial charge in [0, 0.05) is 12.1 Å². The molecule has 9 heteroatoms. The molecule has 0 unspecified atom stereocenters. The lowest BCUT2D eigenvalue weighted by Crippen LogP contribution is -2.23. The van der Waals surface area contributed by atoms with Crippen LogP contribution >= 0.6 is 46.6 Å². The first-order chi connectivity index (χ1) is 9.88. The predicted molar refractivity (Wildman–Crippen MR) is 86.4 cm³/mol. The number of anilines is 1. The first-order valence-electron chi connectivity index (χ1n) is 5.84. The van der Waals surface area contributed by atoms with Gasteiger partial charge in [-0.25, -0.2) is 0 Å². The van der Waals surface area contributed by atoms with Gasteiger partial charge in [-0.3, -0.25) is 4.79 Å². The van der Waals surface area contributed by atoms with Crippen molar-refractivity contribution in [3.8, 4) is 0 Å². The summed E-state index contributed by atoms with van der Waals surface area (Å²) >= 11 is 19.2. The fraction of sp³-hybridized carbons (Fsp3) is 0.250. The average Bonchev–Trinajstić information content (AvgIpc) is 2.79. The van der Waals surface area contributed by atoms with E-state index in [0.29, 0.717) is 15.9 Å². The molecule has 112 valence electrons. The highest BCUT2D eigenvalue weighted by Gasteiger charge is 2.19. The van der Waals surface area contributed by atoms with E-state index in [1.54, 1.807) is 24.9 Å². The van der Waals surface area contributed by atoms with E-state index in [-0.39, 0.29) is 16.0 Å². The van der Waals surface area contributed by atoms with Gasteiger partial charge in [0.15, 0.2) is 5.16 Å². The maximum absolute atomic E-state index is 12.2. The quantitative estimate of drug-likeness (QED) is 0.835. The normalized spacial score (nSPS) is 12.2. The van der Waals surface area contributed by atoms with Crippen LogP contribution in [-0.4, -0.2) is 25.9 Å². The highest BCUT2D eigenvalue weighted by Crippen LogP contribution is 2.34. The number of hydrogen-bond donors (Lipinski definition) is 1. The summed E-state index contributed by atoms with van der Waals surface area (Å²) < 4.78 is 1.73. The first-order valence-corrected chi connectivity index (χ1v) is 7.86. The van der Waals surface area contributed by atoms with Gasteiger partial charge in [0.25, 0.3) is 0 Å². The molecule has 5 nitrogen and oxygen atoms in total. The Labute approximate surface area is 141 Å². The molecule has 1 atom stereocenters. The lowest BCUT2D eigenvalue weighted by molar-refractivity contribution is -0.115. The van der Waals surface area contributed by atoms with Gasteiger partial charge in [-0.15, -0.1) is 10.2 Å². The molecule has 0 spiro atoms. The van der Waals surface area contributed by atoms with Crippen LogP contribution in [0.5, 0.6) is 0 Å². The Hall–Kier alpha value is -0.950. The lowest BCUT2D eigenvalue weighted by Gasteiger charge is -2.13. The maximum atomic E-state index is 12.2. The molecule has 2 rings (SSSR count). The Morgan fingerprint density at radius 3 is 2.48 bits per heavy atom. The molecule has 0 aliphatic rings. The number of halogens is 3. The van der Waals surface area contributed by atoms with E-state index in [0.717, 1.165) is 0 Å². The minimum atomic E-state index is -0.393. The van der Waals surface area contributed by atoms with Crippen LogP contribution < -0.4 is 5.32 Å². The zero-order chi connectivity index (χ0) is 15.6. The fourth-order valence-corrected chi connectivity index (χ4v) is 3.18. The zero-order valence-corrected chi connectivity index (χ0v) is 14.2. The minimum absolute atomic E-state index is 0.242. The van der Waals surface area contributed by atoms with Crippen molar-refractivity contribution >= 4 is 58.2 Å². The highest BCUT2D eigenvalue weighted by molar-refractivity contribution is 8.00. The van der Waals surface area contributed by atoms with Crippen LogP contribution in [0.3, 0.4) is 0 Å². The SMILES string of the molecule is C[C@H](Sc1nncn1C)C(=O)Nc1c(Cl)cc(Cl)cc1Cl. The van der Waals surface area contributed by atoms with Crippen molar-refractivity contribution in [1.29, 1.82) is 0 Å². The van der Waals surface area contributed by atoms with Crippen molar-refractivity contribution in [3.05, 3.63) is 33.5 Å². The number of hydrogen-bond acceptors (Lipinski definition) is 4. The molecule has 2 aromatic rings. The first kappa shape index (κ1) is 16.4. The second-order valence-electron chi connectivity index (χ2n) is 4.22. The van der Waals surface area contributed by atoms with Crippen molar-refractivity contribution in [2.24, 2.45) is 7.05 Å². The number of carbonyl (C=O) groups excluding carboxylic acids is 1. The average molecular weight is 366 g/mol. The van der Waals surface area contributed by atoms with Crippen molar-refractivity contribution < 1.29 is 4.79 Å². The predicted octanol–water partition coefficient (Wildman–Crippen LogP) is 3.89. The van der Waals surface area contributed by atoms with Crippen LogP contribution in [0.1, 0.15) is 6.92 Å². The summed E-state index contributed by atoms with van der Waals surface area (Å²) in [4.78, 5) is 12.2. The lowest BCUT2D eigenvalue weighted by atomic mass is 10.3. The molecule has 0 saturated heterocycles. The van der Waals surface area contributed by atoms with E-state index >= 15 is 0 Å². The number of amides is 1. The summed E-state index contributed by atoms with van der Waals surface area (Å²) in [5.41, 5.74) is 0.346. The van der Waals surface area contributed by atoms with Crippen LogP contribution in [-0.2, 0) is 11.8 Å². The van der Waals surface area contributed by atoms with E-state index in [9.17, 15) is 4.79 Å². The largest absolute Gasteiger partial charge is 0.323 e. The summed E-state index contributed by atoms with van der Waals surface area (Å²) in [6.07, 6.45) is 1.57. The molecule has 0 saturated carbocycles. The molecule has 0 aliphatic carbocycles. The zero-order valence-electron chi connectivity index (χ0n) is 11.1. The second-order valence-corrected chi connectivity index (χ2v) is 6.78. The molecule has 1 N–H and O–H groups in total. The van der Waals surface area contributed by atoms with Gasteiger partial charge in [-0.1, -0.05) is 46.6 Å². The monoisotopic (exact) mass is 364 g/mol. The summed E-state index contributed by atoms with van der Waals surface area (Å²) in [5, 5.41) is 11.6. The third-order valence-electron chi connectivity index (χ3n) is 2.58. The smallest absolute Gasteiger partial charge is 0.237 e. The van der Waals surface area contributed by atoms with Crippen molar-refractivity contribution in [2.45, 2.75) is 17.3 Å². The number of aryl methyl sites for hydroxylation is 1. The van der Waals surface area contributed by atoms with Crippen LogP contribution in [0, 0.1) is 0 Å². The van der Waals surface area contributed by atoms with E-state index in [2.05, 4.69) is 15.5 Å². The molecule has 0 radical (unpaired) electrons. The number of nitrogens with zero attached hydrogens (tertiary/aromatic N) is 3. The Kier molecular flexibility index (Phi) is 5.37. The Morgan fingerprint density at radius 1 is 1.33 bits per heavy atom. The Bertz CT molecular complexity index is 653. The molecule has 1 aromatic carbocycles. The van der Waals surface area contributed by atoms with Crippen LogP contribution in [0.2, 0.25) is 15.1 Å². The second kappa shape index (κ2) is 6.87. The number of carbonyl (C=O) groups is 1. The van der Waals surface area contributed by atoms with E-state index in [1.807, 2.05) is 0 Å². The van der Waals surface area contributed by atoms with E-state index in [1.165, 1.54) is 23.9 Å². The molecule has 1 heterocycles. The fourth-order valence-electron chi connectivity index (χ4n) is 1.48. The summed E-state index contributed by atoms with van der Waals surface area (Å²) in [5.74, 6) is -0.242. The molecule has 21 heavy (non-hydrogen) atoms. The molecule has 0 bridgehead atoms. The summed E-state index contributed by atoms with van der Waals surface area (Å²) in [7, 11) is 1.81.